The zero-order chi connectivity index (χ0) is 14.4. The van der Waals surface area contributed by atoms with Gasteiger partial charge in [-0.25, -0.2) is 9.78 Å². The fourth-order valence-electron chi connectivity index (χ4n) is 1.94. The number of carbonyl (C=O) groups excluding carboxylic acids is 2. The van der Waals surface area contributed by atoms with Crippen LogP contribution in [0.1, 0.15) is 6.92 Å². The number of nitrogens with one attached hydrogen (secondary N) is 1. The molecule has 110 valence electrons. The minimum Gasteiger partial charge on any atom is -0.465 e. The number of anilines is 1. The van der Waals surface area contributed by atoms with E-state index in [2.05, 4.69) is 15.2 Å². The van der Waals surface area contributed by atoms with E-state index >= 15 is 0 Å². The molecule has 0 aliphatic carbocycles. The first-order valence-electron chi connectivity index (χ1n) is 6.53. The zero-order valence-corrected chi connectivity index (χ0v) is 12.2. The standard InChI is InChI=1S/C12H18N4O3S/c1-2-19-10(17)9-14-11(18)15-4-6-16(7-5-15)12-13-3-8-20-12/h3,8H,2,4-7,9H2,1H3,(H,14,18). The van der Waals surface area contributed by atoms with Crippen LogP contribution in [0, 0.1) is 0 Å². The third kappa shape index (κ3) is 3.83. The summed E-state index contributed by atoms with van der Waals surface area (Å²) in [5.41, 5.74) is 0. The number of carbonyl (C=O) groups is 2. The molecule has 20 heavy (non-hydrogen) atoms. The second-order valence-electron chi connectivity index (χ2n) is 4.25. The molecule has 0 unspecified atom stereocenters. The molecular formula is C12H18N4O3S. The fraction of sp³-hybridized carbons (Fsp3) is 0.583. The smallest absolute Gasteiger partial charge is 0.325 e. The van der Waals surface area contributed by atoms with E-state index in [1.165, 1.54) is 0 Å². The lowest BCUT2D eigenvalue weighted by atomic mass is 10.3. The van der Waals surface area contributed by atoms with E-state index in [0.29, 0.717) is 19.7 Å². The molecule has 0 radical (unpaired) electrons. The summed E-state index contributed by atoms with van der Waals surface area (Å²) in [6, 6.07) is -0.225. The van der Waals surface area contributed by atoms with Crippen molar-refractivity contribution >= 4 is 28.5 Å². The summed E-state index contributed by atoms with van der Waals surface area (Å²) < 4.78 is 4.76. The number of hydrogen-bond acceptors (Lipinski definition) is 6. The Morgan fingerprint density at radius 3 is 2.75 bits per heavy atom. The largest absolute Gasteiger partial charge is 0.465 e. The Labute approximate surface area is 121 Å². The van der Waals surface area contributed by atoms with Crippen molar-refractivity contribution < 1.29 is 14.3 Å². The van der Waals surface area contributed by atoms with E-state index in [4.69, 9.17) is 4.74 Å². The van der Waals surface area contributed by atoms with Crippen LogP contribution in [0.4, 0.5) is 9.93 Å². The molecule has 1 aromatic heterocycles. The van der Waals surface area contributed by atoms with Crippen LogP contribution in [-0.2, 0) is 9.53 Å². The lowest BCUT2D eigenvalue weighted by Crippen LogP contribution is -2.52. The monoisotopic (exact) mass is 298 g/mol. The number of urea groups is 1. The summed E-state index contributed by atoms with van der Waals surface area (Å²) in [6.45, 7) is 4.71. The highest BCUT2D eigenvalue weighted by Crippen LogP contribution is 2.18. The van der Waals surface area contributed by atoms with E-state index in [1.54, 1.807) is 29.4 Å². The molecule has 1 N–H and O–H groups in total. The first kappa shape index (κ1) is 14.6. The van der Waals surface area contributed by atoms with Gasteiger partial charge in [-0.1, -0.05) is 0 Å². The number of hydrogen-bond donors (Lipinski definition) is 1. The van der Waals surface area contributed by atoms with Crippen LogP contribution < -0.4 is 10.2 Å². The maximum atomic E-state index is 11.9. The van der Waals surface area contributed by atoms with Gasteiger partial charge in [-0.15, -0.1) is 11.3 Å². The van der Waals surface area contributed by atoms with Crippen molar-refractivity contribution in [2.45, 2.75) is 6.92 Å². The van der Waals surface area contributed by atoms with Crippen molar-refractivity contribution in [1.82, 2.24) is 15.2 Å². The van der Waals surface area contributed by atoms with Crippen molar-refractivity contribution in [3.05, 3.63) is 11.6 Å². The van der Waals surface area contributed by atoms with Gasteiger partial charge in [0.1, 0.15) is 6.54 Å². The van der Waals surface area contributed by atoms with E-state index in [0.717, 1.165) is 18.2 Å². The Hall–Kier alpha value is -1.83. The molecule has 1 saturated heterocycles. The van der Waals surface area contributed by atoms with Gasteiger partial charge < -0.3 is 19.9 Å². The summed E-state index contributed by atoms with van der Waals surface area (Å²) in [6.07, 6.45) is 1.78. The number of ether oxygens (including phenoxy) is 1. The van der Waals surface area contributed by atoms with Gasteiger partial charge >= 0.3 is 12.0 Å². The molecule has 2 rings (SSSR count). The quantitative estimate of drug-likeness (QED) is 0.821. The summed E-state index contributed by atoms with van der Waals surface area (Å²) >= 11 is 1.59. The number of nitrogens with zero attached hydrogens (tertiary/aromatic N) is 3. The van der Waals surface area contributed by atoms with Crippen LogP contribution in [0.15, 0.2) is 11.6 Å². The molecule has 0 bridgehead atoms. The minimum atomic E-state index is -0.415. The number of esters is 1. The Morgan fingerprint density at radius 1 is 1.40 bits per heavy atom. The molecule has 1 fully saturated rings. The molecule has 7 nitrogen and oxygen atoms in total. The second kappa shape index (κ2) is 7.09. The summed E-state index contributed by atoms with van der Waals surface area (Å²) in [5.74, 6) is -0.415. The third-order valence-electron chi connectivity index (χ3n) is 2.95. The molecule has 1 aromatic rings. The first-order chi connectivity index (χ1) is 9.70. The van der Waals surface area contributed by atoms with E-state index in [-0.39, 0.29) is 12.6 Å². The van der Waals surface area contributed by atoms with E-state index in [1.807, 2.05) is 5.38 Å². The number of rotatable bonds is 4. The van der Waals surface area contributed by atoms with Crippen molar-refractivity contribution in [1.29, 1.82) is 0 Å². The minimum absolute atomic E-state index is 0.0840. The molecule has 2 amide bonds. The van der Waals surface area contributed by atoms with Gasteiger partial charge in [-0.05, 0) is 6.92 Å². The van der Waals surface area contributed by atoms with Crippen molar-refractivity contribution in [2.75, 3.05) is 44.2 Å². The molecular weight excluding hydrogens is 280 g/mol. The predicted molar refractivity (Wildman–Crippen MR) is 75.9 cm³/mol. The van der Waals surface area contributed by atoms with Crippen LogP contribution >= 0.6 is 11.3 Å². The average molecular weight is 298 g/mol. The molecule has 0 atom stereocenters. The lowest BCUT2D eigenvalue weighted by Gasteiger charge is -2.34. The average Bonchev–Trinajstić information content (AvgIpc) is 2.99. The van der Waals surface area contributed by atoms with Gasteiger partial charge in [0, 0.05) is 37.8 Å². The van der Waals surface area contributed by atoms with Gasteiger partial charge in [-0.3, -0.25) is 4.79 Å². The van der Waals surface area contributed by atoms with Crippen LogP contribution in [0.2, 0.25) is 0 Å². The number of thiazole rings is 1. The maximum absolute atomic E-state index is 11.9. The molecule has 1 aliphatic heterocycles. The topological polar surface area (TPSA) is 74.8 Å². The number of amides is 2. The Kier molecular flexibility index (Phi) is 5.16. The Balaban J connectivity index is 1.73. The van der Waals surface area contributed by atoms with Crippen LogP contribution in [-0.4, -0.2) is 61.2 Å². The molecule has 0 aromatic carbocycles. The highest BCUT2D eigenvalue weighted by atomic mass is 32.1. The highest BCUT2D eigenvalue weighted by molar-refractivity contribution is 7.13. The second-order valence-corrected chi connectivity index (χ2v) is 5.13. The summed E-state index contributed by atoms with van der Waals surface area (Å²) in [5, 5.41) is 5.49. The van der Waals surface area contributed by atoms with E-state index < -0.39 is 5.97 Å². The lowest BCUT2D eigenvalue weighted by molar-refractivity contribution is -0.141. The van der Waals surface area contributed by atoms with Crippen LogP contribution in [0.5, 0.6) is 0 Å². The van der Waals surface area contributed by atoms with Crippen LogP contribution in [0.25, 0.3) is 0 Å². The SMILES string of the molecule is CCOC(=O)CNC(=O)N1CCN(c2nccs2)CC1. The Bertz CT molecular complexity index is 444. The molecule has 1 aliphatic rings. The van der Waals surface area contributed by atoms with Gasteiger partial charge in [-0.2, -0.15) is 0 Å². The number of piperazine rings is 1. The third-order valence-corrected chi connectivity index (χ3v) is 3.78. The normalized spacial score (nSPS) is 15.1. The predicted octanol–water partition coefficient (Wildman–Crippen LogP) is 0.538. The maximum Gasteiger partial charge on any atom is 0.325 e. The van der Waals surface area contributed by atoms with Gasteiger partial charge in [0.2, 0.25) is 0 Å². The fourth-order valence-corrected chi connectivity index (χ4v) is 2.64. The zero-order valence-electron chi connectivity index (χ0n) is 11.4. The molecule has 0 spiro atoms. The summed E-state index contributed by atoms with van der Waals surface area (Å²) in [4.78, 5) is 31.1. The van der Waals surface area contributed by atoms with Crippen LogP contribution in [0.3, 0.4) is 0 Å². The highest BCUT2D eigenvalue weighted by Gasteiger charge is 2.22. The summed E-state index contributed by atoms with van der Waals surface area (Å²) in [7, 11) is 0. The molecule has 0 saturated carbocycles. The van der Waals surface area contributed by atoms with E-state index in [9.17, 15) is 9.59 Å². The molecule has 2 heterocycles. The molecule has 8 heteroatoms. The Morgan fingerprint density at radius 2 is 2.15 bits per heavy atom. The van der Waals surface area contributed by atoms with Gasteiger partial charge in [0.15, 0.2) is 5.13 Å². The van der Waals surface area contributed by atoms with Crippen molar-refractivity contribution in [2.24, 2.45) is 0 Å². The van der Waals surface area contributed by atoms with Crippen molar-refractivity contribution in [3.8, 4) is 0 Å². The first-order valence-corrected chi connectivity index (χ1v) is 7.41. The number of aromatic nitrogens is 1. The van der Waals surface area contributed by atoms with Gasteiger partial charge in [0.25, 0.3) is 0 Å². The van der Waals surface area contributed by atoms with Gasteiger partial charge in [0.05, 0.1) is 6.61 Å². The van der Waals surface area contributed by atoms with Crippen molar-refractivity contribution in [3.63, 3.8) is 0 Å².